The second-order valence-corrected chi connectivity index (χ2v) is 6.85. The highest BCUT2D eigenvalue weighted by Gasteiger charge is 2.34. The van der Waals surface area contributed by atoms with Crippen LogP contribution in [0.25, 0.3) is 0 Å². The van der Waals surface area contributed by atoms with E-state index in [9.17, 15) is 0 Å². The van der Waals surface area contributed by atoms with Gasteiger partial charge in [0, 0.05) is 30.4 Å². The molecule has 0 radical (unpaired) electrons. The number of hydrogen-bond acceptors (Lipinski definition) is 4. The van der Waals surface area contributed by atoms with Crippen LogP contribution in [0.1, 0.15) is 39.5 Å². The van der Waals surface area contributed by atoms with Gasteiger partial charge in [0.2, 0.25) is 0 Å². The number of anilines is 1. The molecule has 1 heterocycles. The van der Waals surface area contributed by atoms with E-state index < -0.39 is 0 Å². The Morgan fingerprint density at radius 2 is 2.30 bits per heavy atom. The quantitative estimate of drug-likeness (QED) is 0.843. The van der Waals surface area contributed by atoms with Crippen molar-refractivity contribution >= 4 is 5.69 Å². The summed E-state index contributed by atoms with van der Waals surface area (Å²) in [6.07, 6.45) is 5.09. The molecule has 2 N–H and O–H groups in total. The van der Waals surface area contributed by atoms with Crippen LogP contribution in [0.2, 0.25) is 0 Å². The molecule has 1 saturated heterocycles. The lowest BCUT2D eigenvalue weighted by Gasteiger charge is -2.33. The zero-order valence-electron chi connectivity index (χ0n) is 14.4. The predicted octanol–water partition coefficient (Wildman–Crippen LogP) is 3.43. The molecule has 4 unspecified atom stereocenters. The lowest BCUT2D eigenvalue weighted by molar-refractivity contribution is 0.0559. The van der Waals surface area contributed by atoms with E-state index in [1.807, 2.05) is 6.07 Å². The highest BCUT2D eigenvalue weighted by molar-refractivity contribution is 5.49. The molecule has 0 spiro atoms. The maximum Gasteiger partial charge on any atom is 0.121 e. The van der Waals surface area contributed by atoms with Crippen LogP contribution in [0.3, 0.4) is 0 Å². The van der Waals surface area contributed by atoms with Crippen molar-refractivity contribution in [2.24, 2.45) is 5.92 Å². The summed E-state index contributed by atoms with van der Waals surface area (Å²) in [4.78, 5) is 0. The monoisotopic (exact) mass is 318 g/mol. The van der Waals surface area contributed by atoms with Gasteiger partial charge in [-0.2, -0.15) is 0 Å². The highest BCUT2D eigenvalue weighted by Crippen LogP contribution is 2.32. The Labute approximate surface area is 139 Å². The van der Waals surface area contributed by atoms with Crippen LogP contribution in [0.5, 0.6) is 5.75 Å². The van der Waals surface area contributed by atoms with Crippen molar-refractivity contribution in [3.8, 4) is 5.75 Å². The Balaban J connectivity index is 1.62. The van der Waals surface area contributed by atoms with Gasteiger partial charge in [-0.05, 0) is 44.2 Å². The average Bonchev–Trinajstić information content (AvgIpc) is 3.04. The van der Waals surface area contributed by atoms with Crippen LogP contribution < -0.4 is 15.4 Å². The maximum atomic E-state index is 5.94. The van der Waals surface area contributed by atoms with E-state index in [1.54, 1.807) is 0 Å². The molecule has 4 nitrogen and oxygen atoms in total. The Bertz CT molecular complexity index is 488. The van der Waals surface area contributed by atoms with Gasteiger partial charge in [-0.15, -0.1) is 0 Å². The Hall–Kier alpha value is -1.26. The first-order chi connectivity index (χ1) is 11.3. The van der Waals surface area contributed by atoms with Crippen molar-refractivity contribution < 1.29 is 9.47 Å². The molecule has 128 valence electrons. The van der Waals surface area contributed by atoms with E-state index >= 15 is 0 Å². The molecule has 1 aliphatic carbocycles. The van der Waals surface area contributed by atoms with Crippen LogP contribution in [0.15, 0.2) is 24.3 Å². The topological polar surface area (TPSA) is 42.5 Å². The van der Waals surface area contributed by atoms with Crippen LogP contribution in [0, 0.1) is 5.92 Å². The van der Waals surface area contributed by atoms with Crippen LogP contribution >= 0.6 is 0 Å². The Morgan fingerprint density at radius 1 is 1.39 bits per heavy atom. The van der Waals surface area contributed by atoms with Gasteiger partial charge in [-0.3, -0.25) is 0 Å². The average molecular weight is 318 g/mol. The number of rotatable bonds is 6. The van der Waals surface area contributed by atoms with Gasteiger partial charge in [0.05, 0.1) is 19.3 Å². The molecule has 0 bridgehead atoms. The van der Waals surface area contributed by atoms with Crippen molar-refractivity contribution in [1.82, 2.24) is 5.32 Å². The van der Waals surface area contributed by atoms with Gasteiger partial charge in [-0.1, -0.05) is 19.4 Å². The van der Waals surface area contributed by atoms with E-state index in [2.05, 4.69) is 42.7 Å². The second-order valence-electron chi connectivity index (χ2n) is 6.85. The molecular formula is C19H30N2O2. The van der Waals surface area contributed by atoms with E-state index in [1.165, 1.54) is 24.9 Å². The molecule has 0 amide bonds. The first kappa shape index (κ1) is 16.6. The van der Waals surface area contributed by atoms with E-state index in [0.717, 1.165) is 31.9 Å². The van der Waals surface area contributed by atoms with Crippen LogP contribution in [-0.4, -0.2) is 37.9 Å². The van der Waals surface area contributed by atoms with Crippen molar-refractivity contribution in [3.05, 3.63) is 24.3 Å². The van der Waals surface area contributed by atoms with Gasteiger partial charge < -0.3 is 20.1 Å². The molecule has 1 aromatic carbocycles. The van der Waals surface area contributed by atoms with E-state index in [-0.39, 0.29) is 6.10 Å². The molecule has 2 fully saturated rings. The lowest BCUT2D eigenvalue weighted by atomic mass is 9.94. The fourth-order valence-electron chi connectivity index (χ4n) is 3.70. The summed E-state index contributed by atoms with van der Waals surface area (Å²) in [7, 11) is 0. The summed E-state index contributed by atoms with van der Waals surface area (Å²) < 4.78 is 11.6. The summed E-state index contributed by atoms with van der Waals surface area (Å²) >= 11 is 0. The number of benzene rings is 1. The van der Waals surface area contributed by atoms with Crippen molar-refractivity contribution in [1.29, 1.82) is 0 Å². The maximum absolute atomic E-state index is 5.94. The normalized spacial score (nSPS) is 29.2. The third-order valence-electron chi connectivity index (χ3n) is 5.13. The summed E-state index contributed by atoms with van der Waals surface area (Å²) in [6.45, 7) is 6.93. The largest absolute Gasteiger partial charge is 0.491 e. The van der Waals surface area contributed by atoms with Crippen LogP contribution in [0.4, 0.5) is 5.69 Å². The summed E-state index contributed by atoms with van der Waals surface area (Å²) in [5, 5.41) is 7.38. The van der Waals surface area contributed by atoms with Crippen molar-refractivity contribution in [2.45, 2.75) is 57.7 Å². The standard InChI is InChI=1S/C19H30N2O2/c1-3-14(2)23-16-7-4-6-15(12-16)21-18-9-5-8-17(18)19-13-22-11-10-20-19/h4,6-7,12,14,17-21H,3,5,8-11,13H2,1-2H3. The fourth-order valence-corrected chi connectivity index (χ4v) is 3.70. The molecule has 4 heteroatoms. The Morgan fingerprint density at radius 3 is 3.09 bits per heavy atom. The molecule has 1 saturated carbocycles. The van der Waals surface area contributed by atoms with E-state index in [4.69, 9.17) is 9.47 Å². The number of ether oxygens (including phenoxy) is 2. The molecule has 23 heavy (non-hydrogen) atoms. The zero-order valence-corrected chi connectivity index (χ0v) is 14.4. The minimum absolute atomic E-state index is 0.257. The van der Waals surface area contributed by atoms with Crippen molar-refractivity contribution in [3.63, 3.8) is 0 Å². The summed E-state index contributed by atoms with van der Waals surface area (Å²) in [6, 6.07) is 9.40. The summed E-state index contributed by atoms with van der Waals surface area (Å²) in [5.74, 6) is 1.60. The van der Waals surface area contributed by atoms with Gasteiger partial charge >= 0.3 is 0 Å². The predicted molar refractivity (Wildman–Crippen MR) is 94.2 cm³/mol. The number of hydrogen-bond donors (Lipinski definition) is 2. The third kappa shape index (κ3) is 4.39. The van der Waals surface area contributed by atoms with Gasteiger partial charge in [0.15, 0.2) is 0 Å². The molecular weight excluding hydrogens is 288 g/mol. The smallest absolute Gasteiger partial charge is 0.121 e. The molecule has 1 aromatic rings. The SMILES string of the molecule is CCC(C)Oc1cccc(NC2CCCC2C2COCCN2)c1. The molecule has 4 atom stereocenters. The van der Waals surface area contributed by atoms with E-state index in [0.29, 0.717) is 18.0 Å². The first-order valence-electron chi connectivity index (χ1n) is 9.10. The molecule has 0 aromatic heterocycles. The minimum Gasteiger partial charge on any atom is -0.491 e. The molecule has 2 aliphatic rings. The van der Waals surface area contributed by atoms with Crippen molar-refractivity contribution in [2.75, 3.05) is 25.1 Å². The van der Waals surface area contributed by atoms with Crippen LogP contribution in [-0.2, 0) is 4.74 Å². The minimum atomic E-state index is 0.257. The number of morpholine rings is 1. The summed E-state index contributed by atoms with van der Waals surface area (Å²) in [5.41, 5.74) is 1.17. The van der Waals surface area contributed by atoms with Gasteiger partial charge in [-0.25, -0.2) is 0 Å². The Kier molecular flexibility index (Phi) is 5.79. The zero-order chi connectivity index (χ0) is 16.1. The first-order valence-corrected chi connectivity index (χ1v) is 9.10. The third-order valence-corrected chi connectivity index (χ3v) is 5.13. The fraction of sp³-hybridized carbons (Fsp3) is 0.684. The van der Waals surface area contributed by atoms with Gasteiger partial charge in [0.25, 0.3) is 0 Å². The molecule has 3 rings (SSSR count). The molecule has 1 aliphatic heterocycles. The van der Waals surface area contributed by atoms with Gasteiger partial charge in [0.1, 0.15) is 5.75 Å². The second kappa shape index (κ2) is 8.02. The number of nitrogens with one attached hydrogen (secondary N) is 2. The lowest BCUT2D eigenvalue weighted by Crippen LogP contribution is -2.49. The highest BCUT2D eigenvalue weighted by atomic mass is 16.5.